The highest BCUT2D eigenvalue weighted by molar-refractivity contribution is 5.89. The molecule has 3 atom stereocenters. The van der Waals surface area contributed by atoms with E-state index in [1.54, 1.807) is 21.7 Å². The van der Waals surface area contributed by atoms with Gasteiger partial charge in [0.05, 0.1) is 31.1 Å². The highest BCUT2D eigenvalue weighted by atomic mass is 16.5. The lowest BCUT2D eigenvalue weighted by molar-refractivity contribution is -0.246. The number of carbonyl (C=O) groups excluding carboxylic acids is 5. The van der Waals surface area contributed by atoms with E-state index in [1.807, 2.05) is 184 Å². The topological polar surface area (TPSA) is 155 Å². The van der Waals surface area contributed by atoms with Crippen LogP contribution in [0, 0.1) is 0 Å². The van der Waals surface area contributed by atoms with E-state index < -0.39 is 23.2 Å². The summed E-state index contributed by atoms with van der Waals surface area (Å²) < 4.78 is 0. The number of piperidine rings is 1. The van der Waals surface area contributed by atoms with Crippen molar-refractivity contribution in [1.82, 2.24) is 35.7 Å². The Hall–Kier alpha value is -5.89. The number of hydroxylamine groups is 2. The molecule has 66 heavy (non-hydrogen) atoms. The first kappa shape index (κ1) is 54.4. The first-order chi connectivity index (χ1) is 31.4. The lowest BCUT2D eigenvalue weighted by atomic mass is 9.79. The number of benzene rings is 4. The summed E-state index contributed by atoms with van der Waals surface area (Å²) in [5, 5.41) is 20.7. The molecule has 4 aromatic carbocycles. The molecule has 1 fully saturated rings. The molecule has 4 aromatic rings. The summed E-state index contributed by atoms with van der Waals surface area (Å²) in [5.41, 5.74) is 2.95. The average molecular weight is 906 g/mol. The van der Waals surface area contributed by atoms with Crippen molar-refractivity contribution in [1.29, 1.82) is 0 Å². The van der Waals surface area contributed by atoms with E-state index >= 15 is 0 Å². The summed E-state index contributed by atoms with van der Waals surface area (Å²) >= 11 is 0. The molecule has 13 heteroatoms. The fraction of sp³-hybridized carbons (Fsp3) is 0.453. The smallest absolute Gasteiger partial charge is 0.243 e. The molecule has 4 N–H and O–H groups in total. The van der Waals surface area contributed by atoms with Gasteiger partial charge in [-0.1, -0.05) is 121 Å². The van der Waals surface area contributed by atoms with Crippen molar-refractivity contribution < 1.29 is 29.2 Å². The minimum atomic E-state index is -0.472. The van der Waals surface area contributed by atoms with E-state index in [-0.39, 0.29) is 55.3 Å². The predicted molar refractivity (Wildman–Crippen MR) is 262 cm³/mol. The van der Waals surface area contributed by atoms with E-state index in [0.717, 1.165) is 28.8 Å². The summed E-state index contributed by atoms with van der Waals surface area (Å²) in [4.78, 5) is 67.9. The standard InChI is InChI=1S/C41H57N5O4.C9H11NO.C3H7NO/c1-9-43(30(2)33-19-13-10-14-20-33)38(48)28-45(32(4)35-23-17-12-18-24-35)39(49)29-44(31(3)34-21-15-11-16-22-34)37(47)27-42-36-25-40(5,6)46(50)41(7,8)26-36;1-10-9(11)7-8-5-3-2-4-6-8;1-2-4-3-5/h10-24,30-32,36,42,50H,9,25-29H2,1-8H3;2-6H,7H2,1H3,(H,10,11);3H,2H2,1H3,(H,4,5)/t30?,31?,32-;;/m0../s1. The maximum absolute atomic E-state index is 14.5. The van der Waals surface area contributed by atoms with Gasteiger partial charge in [-0.15, -0.1) is 0 Å². The van der Waals surface area contributed by atoms with Crippen LogP contribution in [0.3, 0.4) is 0 Å². The van der Waals surface area contributed by atoms with Crippen molar-refractivity contribution in [2.24, 2.45) is 0 Å². The van der Waals surface area contributed by atoms with Gasteiger partial charge in [0, 0.05) is 37.3 Å². The molecule has 0 radical (unpaired) electrons. The predicted octanol–water partition coefficient (Wildman–Crippen LogP) is 7.50. The van der Waals surface area contributed by atoms with Crippen molar-refractivity contribution in [2.45, 2.75) is 117 Å². The number of amides is 5. The zero-order valence-corrected chi connectivity index (χ0v) is 40.9. The largest absolute Gasteiger partial charge is 0.359 e. The van der Waals surface area contributed by atoms with E-state index in [9.17, 15) is 29.2 Å². The van der Waals surface area contributed by atoms with Crippen molar-refractivity contribution in [3.63, 3.8) is 0 Å². The molecule has 13 nitrogen and oxygen atoms in total. The Balaban J connectivity index is 0.000000608. The Labute approximate surface area is 393 Å². The van der Waals surface area contributed by atoms with Crippen LogP contribution >= 0.6 is 0 Å². The summed E-state index contributed by atoms with van der Waals surface area (Å²) in [6, 6.07) is 38.0. The fourth-order valence-electron chi connectivity index (χ4n) is 8.46. The molecular formula is C53H75N7O6. The Bertz CT molecular complexity index is 2050. The first-order valence-electron chi connectivity index (χ1n) is 23.1. The molecule has 358 valence electrons. The van der Waals surface area contributed by atoms with Crippen LogP contribution in [0.25, 0.3) is 0 Å². The highest BCUT2D eigenvalue weighted by Gasteiger charge is 2.45. The Morgan fingerprint density at radius 2 is 1.03 bits per heavy atom. The van der Waals surface area contributed by atoms with Gasteiger partial charge in [-0.05, 0) is 97.4 Å². The maximum Gasteiger partial charge on any atom is 0.243 e. The number of hydrogen-bond donors (Lipinski definition) is 4. The Morgan fingerprint density at radius 3 is 1.39 bits per heavy atom. The van der Waals surface area contributed by atoms with Crippen molar-refractivity contribution in [3.8, 4) is 0 Å². The molecule has 0 saturated carbocycles. The van der Waals surface area contributed by atoms with Gasteiger partial charge in [-0.2, -0.15) is 5.06 Å². The van der Waals surface area contributed by atoms with Crippen molar-refractivity contribution in [3.05, 3.63) is 144 Å². The van der Waals surface area contributed by atoms with Gasteiger partial charge in [0.15, 0.2) is 0 Å². The van der Waals surface area contributed by atoms with Gasteiger partial charge in [0.1, 0.15) is 13.1 Å². The number of hydrogen-bond acceptors (Lipinski definition) is 8. The fourth-order valence-corrected chi connectivity index (χ4v) is 8.46. The second-order valence-electron chi connectivity index (χ2n) is 17.9. The summed E-state index contributed by atoms with van der Waals surface area (Å²) in [5.74, 6) is -0.610. The number of rotatable bonds is 18. The third-order valence-electron chi connectivity index (χ3n) is 12.1. The Kier molecular flexibility index (Phi) is 22.2. The van der Waals surface area contributed by atoms with Gasteiger partial charge in [0.2, 0.25) is 30.0 Å². The van der Waals surface area contributed by atoms with Crippen LogP contribution in [0.2, 0.25) is 0 Å². The summed E-state index contributed by atoms with van der Waals surface area (Å²) in [6.07, 6.45) is 2.47. The van der Waals surface area contributed by atoms with Crippen LogP contribution in [0.1, 0.15) is 116 Å². The number of likely N-dealkylation sites (N-methyl/N-ethyl adjacent to an activating group) is 2. The molecule has 5 amide bonds. The first-order valence-corrected chi connectivity index (χ1v) is 23.1. The van der Waals surface area contributed by atoms with E-state index in [4.69, 9.17) is 0 Å². The number of nitrogens with zero attached hydrogens (tertiary/aromatic N) is 4. The molecule has 1 heterocycles. The van der Waals surface area contributed by atoms with Crippen LogP contribution < -0.4 is 16.0 Å². The van der Waals surface area contributed by atoms with Gasteiger partial charge >= 0.3 is 0 Å². The van der Waals surface area contributed by atoms with Crippen LogP contribution in [0.15, 0.2) is 121 Å². The maximum atomic E-state index is 14.5. The Morgan fingerprint density at radius 1 is 0.652 bits per heavy atom. The summed E-state index contributed by atoms with van der Waals surface area (Å²) in [6.45, 7) is 18.6. The van der Waals surface area contributed by atoms with Gasteiger partial charge < -0.3 is 35.9 Å². The number of nitrogens with one attached hydrogen (secondary N) is 3. The SMILES string of the molecule is CCN(C(=O)CN(C(=O)CN(C(=O)CNC1CC(C)(C)N(O)C(C)(C)C1)C(C)c1ccccc1)[C@@H](C)c1ccccc1)C(C)c1ccccc1.CCNC=O.CNC(=O)Cc1ccccc1. The average Bonchev–Trinajstić information content (AvgIpc) is 3.32. The lowest BCUT2D eigenvalue weighted by Gasteiger charge is -2.51. The van der Waals surface area contributed by atoms with Crippen LogP contribution in [-0.4, -0.2) is 112 Å². The third-order valence-corrected chi connectivity index (χ3v) is 12.1. The van der Waals surface area contributed by atoms with Gasteiger partial charge in [0.25, 0.3) is 0 Å². The quantitative estimate of drug-likeness (QED) is 0.0749. The normalized spacial score (nSPS) is 15.4. The molecule has 1 aliphatic rings. The van der Waals surface area contributed by atoms with Gasteiger partial charge in [-0.3, -0.25) is 24.0 Å². The molecule has 1 saturated heterocycles. The van der Waals surface area contributed by atoms with Crippen LogP contribution in [0.4, 0.5) is 0 Å². The van der Waals surface area contributed by atoms with E-state index in [0.29, 0.717) is 32.2 Å². The lowest BCUT2D eigenvalue weighted by Crippen LogP contribution is -2.63. The second-order valence-corrected chi connectivity index (χ2v) is 17.9. The molecule has 5 rings (SSSR count). The monoisotopic (exact) mass is 906 g/mol. The molecule has 0 aromatic heterocycles. The van der Waals surface area contributed by atoms with Crippen LogP contribution in [-0.2, 0) is 30.4 Å². The zero-order chi connectivity index (χ0) is 48.9. The molecular weight excluding hydrogens is 831 g/mol. The van der Waals surface area contributed by atoms with Crippen LogP contribution in [0.5, 0.6) is 0 Å². The van der Waals surface area contributed by atoms with Crippen molar-refractivity contribution in [2.75, 3.05) is 39.8 Å². The molecule has 2 unspecified atom stereocenters. The molecule has 0 aliphatic carbocycles. The minimum Gasteiger partial charge on any atom is -0.359 e. The number of carbonyl (C=O) groups is 5. The minimum absolute atomic E-state index is 0.00390. The van der Waals surface area contributed by atoms with E-state index in [1.165, 1.54) is 5.06 Å². The van der Waals surface area contributed by atoms with E-state index in [2.05, 4.69) is 16.0 Å². The second kappa shape index (κ2) is 26.9. The summed E-state index contributed by atoms with van der Waals surface area (Å²) in [7, 11) is 1.64. The van der Waals surface area contributed by atoms with Gasteiger partial charge in [-0.25, -0.2) is 0 Å². The third kappa shape index (κ3) is 16.5. The highest BCUT2D eigenvalue weighted by Crippen LogP contribution is 2.36. The molecule has 1 aliphatic heterocycles. The zero-order valence-electron chi connectivity index (χ0n) is 40.9. The van der Waals surface area contributed by atoms with Crippen molar-refractivity contribution >= 4 is 30.0 Å². The molecule has 0 spiro atoms. The molecule has 0 bridgehead atoms.